The van der Waals surface area contributed by atoms with Gasteiger partial charge in [-0.1, -0.05) is 20.8 Å². The maximum atomic E-state index is 12.0. The number of fused-ring (bicyclic) bond motifs is 1. The molecule has 0 aromatic rings. The van der Waals surface area contributed by atoms with Crippen LogP contribution in [0, 0.1) is 0 Å². The Hall–Kier alpha value is -0.773. The van der Waals surface area contributed by atoms with Gasteiger partial charge in [-0.3, -0.25) is 0 Å². The number of esters is 1. The van der Waals surface area contributed by atoms with Crippen LogP contribution in [0.5, 0.6) is 0 Å². The molecule has 3 rings (SSSR count). The van der Waals surface area contributed by atoms with E-state index in [0.29, 0.717) is 6.61 Å². The van der Waals surface area contributed by atoms with Crippen molar-refractivity contribution >= 4 is 14.3 Å². The van der Waals surface area contributed by atoms with E-state index in [2.05, 4.69) is 33.9 Å². The Labute approximate surface area is 162 Å². The first-order valence-corrected chi connectivity index (χ1v) is 12.3. The van der Waals surface area contributed by atoms with Crippen LogP contribution in [0.15, 0.2) is 11.6 Å². The van der Waals surface area contributed by atoms with E-state index < -0.39 is 32.6 Å². The Kier molecular flexibility index (Phi) is 5.38. The molecule has 0 aliphatic carbocycles. The number of methoxy groups -OCH3 is 1. The van der Waals surface area contributed by atoms with E-state index in [0.717, 1.165) is 5.57 Å². The molecule has 154 valence electrons. The third-order valence-electron chi connectivity index (χ3n) is 5.90. The monoisotopic (exact) mass is 400 g/mol. The highest BCUT2D eigenvalue weighted by Gasteiger charge is 2.59. The fraction of sp³-hybridized carbons (Fsp3) is 0.842. The molecule has 0 spiro atoms. The lowest BCUT2D eigenvalue weighted by molar-refractivity contribution is -0.235. The van der Waals surface area contributed by atoms with E-state index in [9.17, 15) is 4.79 Å². The van der Waals surface area contributed by atoms with Crippen molar-refractivity contribution in [1.29, 1.82) is 0 Å². The molecule has 0 N–H and O–H groups in total. The van der Waals surface area contributed by atoms with E-state index in [-0.39, 0.29) is 23.2 Å². The van der Waals surface area contributed by atoms with Crippen molar-refractivity contribution in [3.8, 4) is 0 Å². The van der Waals surface area contributed by atoms with E-state index in [1.54, 1.807) is 7.11 Å². The summed E-state index contributed by atoms with van der Waals surface area (Å²) in [7, 11) is -0.396. The van der Waals surface area contributed by atoms with Gasteiger partial charge in [-0.15, -0.1) is 0 Å². The SMILES string of the molecule is CO[C@@H]1O[C@H]([C@@H]2OC(=O)C=C2CO[Si](C)(C)C(C)(C)C)[C@H]2OC(C)(C)O[C@@H]12. The molecular weight excluding hydrogens is 368 g/mol. The predicted octanol–water partition coefficient (Wildman–Crippen LogP) is 2.75. The second kappa shape index (κ2) is 6.93. The van der Waals surface area contributed by atoms with Crippen LogP contribution < -0.4 is 0 Å². The molecule has 0 radical (unpaired) electrons. The first kappa shape index (κ1) is 20.9. The summed E-state index contributed by atoms with van der Waals surface area (Å²) in [5.41, 5.74) is 0.777. The molecule has 0 aromatic carbocycles. The molecule has 2 saturated heterocycles. The zero-order chi connectivity index (χ0) is 20.2. The number of ether oxygens (including phenoxy) is 5. The van der Waals surface area contributed by atoms with E-state index in [1.165, 1.54) is 6.08 Å². The van der Waals surface area contributed by atoms with Gasteiger partial charge in [0.15, 0.2) is 26.5 Å². The van der Waals surface area contributed by atoms with Gasteiger partial charge in [-0.2, -0.15) is 0 Å². The lowest BCUT2D eigenvalue weighted by Crippen LogP contribution is -2.44. The first-order valence-electron chi connectivity index (χ1n) is 9.43. The number of cyclic esters (lactones) is 1. The van der Waals surface area contributed by atoms with Gasteiger partial charge in [-0.25, -0.2) is 4.79 Å². The molecule has 5 atom stereocenters. The average molecular weight is 401 g/mol. The van der Waals surface area contributed by atoms with Crippen molar-refractivity contribution in [2.24, 2.45) is 0 Å². The standard InChI is InChI=1S/C19H32O7Si/c1-18(2,3)27(7,8)22-10-11-9-12(20)23-13(11)14-15-16(17(21-6)24-14)26-19(4,5)25-15/h9,13-17H,10H2,1-8H3/t13-,14-,15-,16-,17-/m1/s1. The molecule has 0 amide bonds. The largest absolute Gasteiger partial charge is 0.452 e. The first-order chi connectivity index (χ1) is 12.3. The molecule has 7 nitrogen and oxygen atoms in total. The predicted molar refractivity (Wildman–Crippen MR) is 101 cm³/mol. The summed E-state index contributed by atoms with van der Waals surface area (Å²) in [4.78, 5) is 12.0. The quantitative estimate of drug-likeness (QED) is 0.519. The number of hydrogen-bond donors (Lipinski definition) is 0. The van der Waals surface area contributed by atoms with Gasteiger partial charge in [0.1, 0.15) is 18.3 Å². The zero-order valence-electron chi connectivity index (χ0n) is 17.5. The second-order valence-corrected chi connectivity index (χ2v) is 14.2. The molecule has 3 heterocycles. The molecule has 0 aromatic heterocycles. The maximum Gasteiger partial charge on any atom is 0.331 e. The van der Waals surface area contributed by atoms with Gasteiger partial charge in [0.2, 0.25) is 0 Å². The van der Waals surface area contributed by atoms with Crippen LogP contribution in [-0.4, -0.2) is 64.5 Å². The topological polar surface area (TPSA) is 72.5 Å². The zero-order valence-corrected chi connectivity index (χ0v) is 18.5. The van der Waals surface area contributed by atoms with E-state index in [4.69, 9.17) is 28.1 Å². The third-order valence-corrected chi connectivity index (χ3v) is 10.4. The fourth-order valence-corrected chi connectivity index (χ4v) is 4.34. The molecule has 0 bridgehead atoms. The summed E-state index contributed by atoms with van der Waals surface area (Å²) in [5, 5.41) is 0.0784. The Morgan fingerprint density at radius 2 is 1.78 bits per heavy atom. The molecule has 2 fully saturated rings. The van der Waals surface area contributed by atoms with Crippen molar-refractivity contribution in [1.82, 2.24) is 0 Å². The number of hydrogen-bond acceptors (Lipinski definition) is 7. The van der Waals surface area contributed by atoms with Crippen LogP contribution in [-0.2, 0) is 32.9 Å². The molecule has 3 aliphatic heterocycles. The van der Waals surface area contributed by atoms with Gasteiger partial charge in [-0.05, 0) is 32.0 Å². The van der Waals surface area contributed by atoms with Crippen LogP contribution in [0.2, 0.25) is 18.1 Å². The minimum absolute atomic E-state index is 0.0784. The summed E-state index contributed by atoms with van der Waals surface area (Å²) in [6.45, 7) is 15.0. The Balaban J connectivity index is 1.76. The molecular formula is C19H32O7Si. The van der Waals surface area contributed by atoms with Crippen molar-refractivity contribution in [3.05, 3.63) is 11.6 Å². The van der Waals surface area contributed by atoms with Crippen LogP contribution >= 0.6 is 0 Å². The molecule has 0 saturated carbocycles. The molecule has 8 heteroatoms. The Morgan fingerprint density at radius 3 is 2.37 bits per heavy atom. The normalized spacial score (nSPS) is 35.9. The summed E-state index contributed by atoms with van der Waals surface area (Å²) < 4.78 is 35.2. The van der Waals surface area contributed by atoms with Crippen molar-refractivity contribution in [3.63, 3.8) is 0 Å². The number of rotatable bonds is 5. The molecule has 0 unspecified atom stereocenters. The summed E-state index contributed by atoms with van der Waals surface area (Å²) in [6, 6.07) is 0. The average Bonchev–Trinajstić information content (AvgIpc) is 3.14. The van der Waals surface area contributed by atoms with Crippen LogP contribution in [0.3, 0.4) is 0 Å². The minimum Gasteiger partial charge on any atom is -0.452 e. The van der Waals surface area contributed by atoms with Crippen LogP contribution in [0.4, 0.5) is 0 Å². The summed E-state index contributed by atoms with van der Waals surface area (Å²) in [5.74, 6) is -1.12. The lowest BCUT2D eigenvalue weighted by atomic mass is 10.0. The fourth-order valence-electron chi connectivity index (χ4n) is 3.38. The number of carbonyl (C=O) groups is 1. The number of carbonyl (C=O) groups excluding carboxylic acids is 1. The lowest BCUT2D eigenvalue weighted by Gasteiger charge is -2.37. The van der Waals surface area contributed by atoms with Crippen LogP contribution in [0.25, 0.3) is 0 Å². The van der Waals surface area contributed by atoms with Gasteiger partial charge in [0.25, 0.3) is 0 Å². The minimum atomic E-state index is -1.96. The van der Waals surface area contributed by atoms with Gasteiger partial charge < -0.3 is 28.1 Å². The van der Waals surface area contributed by atoms with Crippen LogP contribution in [0.1, 0.15) is 34.6 Å². The second-order valence-electron chi connectivity index (χ2n) is 9.40. The van der Waals surface area contributed by atoms with E-state index >= 15 is 0 Å². The van der Waals surface area contributed by atoms with Gasteiger partial charge in [0, 0.05) is 18.8 Å². The maximum absolute atomic E-state index is 12.0. The van der Waals surface area contributed by atoms with Crippen molar-refractivity contribution in [2.75, 3.05) is 13.7 Å². The smallest absolute Gasteiger partial charge is 0.331 e. The molecule has 27 heavy (non-hydrogen) atoms. The van der Waals surface area contributed by atoms with Crippen molar-refractivity contribution < 1.29 is 32.9 Å². The van der Waals surface area contributed by atoms with E-state index in [1.807, 2.05) is 13.8 Å². The Bertz CT molecular complexity index is 622. The summed E-state index contributed by atoms with van der Waals surface area (Å²) >= 11 is 0. The highest BCUT2D eigenvalue weighted by Crippen LogP contribution is 2.43. The molecule has 3 aliphatic rings. The Morgan fingerprint density at radius 1 is 1.15 bits per heavy atom. The summed E-state index contributed by atoms with van der Waals surface area (Å²) in [6.07, 6.45) is -0.857. The van der Waals surface area contributed by atoms with Gasteiger partial charge >= 0.3 is 5.97 Å². The highest BCUT2D eigenvalue weighted by atomic mass is 28.4. The highest BCUT2D eigenvalue weighted by molar-refractivity contribution is 6.74. The van der Waals surface area contributed by atoms with Gasteiger partial charge in [0.05, 0.1) is 6.61 Å². The van der Waals surface area contributed by atoms with Crippen molar-refractivity contribution in [2.45, 2.75) is 89.2 Å². The third kappa shape index (κ3) is 4.01.